The minimum Gasteiger partial charge on any atom is -0.399 e. The van der Waals surface area contributed by atoms with Crippen LogP contribution in [0.2, 0.25) is 0 Å². The van der Waals surface area contributed by atoms with Crippen molar-refractivity contribution in [1.82, 2.24) is 4.31 Å². The lowest BCUT2D eigenvalue weighted by Crippen LogP contribution is -2.36. The molecule has 1 unspecified atom stereocenters. The highest BCUT2D eigenvalue weighted by Crippen LogP contribution is 2.28. The maximum absolute atomic E-state index is 12.5. The van der Waals surface area contributed by atoms with Crippen LogP contribution >= 0.6 is 15.9 Å². The third-order valence-corrected chi connectivity index (χ3v) is 5.99. The summed E-state index contributed by atoms with van der Waals surface area (Å²) in [6.45, 7) is 6.08. The number of nitrogens with zero attached hydrogens (tertiary/aromatic N) is 1. The average molecular weight is 349 g/mol. The maximum Gasteiger partial charge on any atom is 0.244 e. The number of hydrogen-bond donors (Lipinski definition) is 1. The summed E-state index contributed by atoms with van der Waals surface area (Å²) in [6, 6.07) is 4.69. The molecular weight excluding hydrogens is 328 g/mol. The molecule has 1 aromatic carbocycles. The number of hydrogen-bond acceptors (Lipinski definition) is 3. The lowest BCUT2D eigenvalue weighted by molar-refractivity contribution is 0.337. The molecule has 0 aliphatic rings. The fraction of sp³-hybridized carbons (Fsp3) is 0.538. The monoisotopic (exact) mass is 348 g/mol. The van der Waals surface area contributed by atoms with Gasteiger partial charge in [-0.25, -0.2) is 8.42 Å². The zero-order valence-corrected chi connectivity index (χ0v) is 14.1. The van der Waals surface area contributed by atoms with Gasteiger partial charge in [0.15, 0.2) is 0 Å². The van der Waals surface area contributed by atoms with Crippen molar-refractivity contribution in [2.45, 2.75) is 38.1 Å². The second kappa shape index (κ2) is 6.24. The Morgan fingerprint density at radius 1 is 1.32 bits per heavy atom. The van der Waals surface area contributed by atoms with Crippen LogP contribution < -0.4 is 5.73 Å². The molecule has 4 nitrogen and oxygen atoms in total. The Balaban J connectivity index is 3.09. The molecule has 2 N–H and O–H groups in total. The van der Waals surface area contributed by atoms with E-state index in [2.05, 4.69) is 29.8 Å². The first-order valence-corrected chi connectivity index (χ1v) is 8.42. The van der Waals surface area contributed by atoms with E-state index >= 15 is 0 Å². The first-order valence-electron chi connectivity index (χ1n) is 6.19. The zero-order valence-electron chi connectivity index (χ0n) is 11.7. The van der Waals surface area contributed by atoms with Crippen LogP contribution in [0.15, 0.2) is 27.6 Å². The number of nitrogen functional groups attached to an aromatic ring is 1. The predicted octanol–water partition coefficient (Wildman–Crippen LogP) is 3.09. The summed E-state index contributed by atoms with van der Waals surface area (Å²) in [5.41, 5.74) is 6.17. The third-order valence-electron chi connectivity index (χ3n) is 3.05. The van der Waals surface area contributed by atoms with E-state index in [1.807, 2.05) is 6.92 Å². The van der Waals surface area contributed by atoms with Crippen molar-refractivity contribution in [3.63, 3.8) is 0 Å². The Labute approximate surface area is 124 Å². The van der Waals surface area contributed by atoms with Gasteiger partial charge in [0.25, 0.3) is 0 Å². The van der Waals surface area contributed by atoms with E-state index in [-0.39, 0.29) is 10.9 Å². The minimum atomic E-state index is -3.50. The highest BCUT2D eigenvalue weighted by molar-refractivity contribution is 9.10. The number of benzene rings is 1. The van der Waals surface area contributed by atoms with Gasteiger partial charge in [-0.05, 0) is 53.4 Å². The summed E-state index contributed by atoms with van der Waals surface area (Å²) in [5.74, 6) is 0.447. The second-order valence-electron chi connectivity index (χ2n) is 5.19. The van der Waals surface area contributed by atoms with Crippen molar-refractivity contribution < 1.29 is 8.42 Å². The van der Waals surface area contributed by atoms with E-state index in [1.165, 1.54) is 10.4 Å². The molecule has 0 aliphatic heterocycles. The molecule has 0 aliphatic carbocycles. The molecule has 0 saturated carbocycles. The van der Waals surface area contributed by atoms with Crippen molar-refractivity contribution in [1.29, 1.82) is 0 Å². The molecule has 1 atom stereocenters. The molecule has 0 radical (unpaired) electrons. The summed E-state index contributed by atoms with van der Waals surface area (Å²) in [7, 11) is -1.88. The molecule has 1 rings (SSSR count). The number of anilines is 1. The fourth-order valence-corrected chi connectivity index (χ4v) is 4.37. The molecule has 0 heterocycles. The van der Waals surface area contributed by atoms with E-state index in [0.29, 0.717) is 16.1 Å². The number of sulfonamides is 1. The van der Waals surface area contributed by atoms with Crippen LogP contribution in [-0.4, -0.2) is 25.8 Å². The Hall–Kier alpha value is -0.590. The van der Waals surface area contributed by atoms with Crippen LogP contribution in [0.5, 0.6) is 0 Å². The highest BCUT2D eigenvalue weighted by atomic mass is 79.9. The van der Waals surface area contributed by atoms with Gasteiger partial charge >= 0.3 is 0 Å². The van der Waals surface area contributed by atoms with Crippen molar-refractivity contribution in [2.24, 2.45) is 5.92 Å². The molecular formula is C13H21BrN2O2S. The quantitative estimate of drug-likeness (QED) is 0.831. The topological polar surface area (TPSA) is 63.4 Å². The van der Waals surface area contributed by atoms with Crippen LogP contribution in [0.4, 0.5) is 5.69 Å². The van der Waals surface area contributed by atoms with Gasteiger partial charge < -0.3 is 5.73 Å². The van der Waals surface area contributed by atoms with E-state index < -0.39 is 10.0 Å². The van der Waals surface area contributed by atoms with Gasteiger partial charge in [0, 0.05) is 23.2 Å². The van der Waals surface area contributed by atoms with Crippen LogP contribution in [0, 0.1) is 5.92 Å². The Bertz CT molecular complexity index is 544. The first-order chi connectivity index (χ1) is 8.66. The van der Waals surface area contributed by atoms with E-state index in [9.17, 15) is 8.42 Å². The summed E-state index contributed by atoms with van der Waals surface area (Å²) < 4.78 is 27.0. The Morgan fingerprint density at radius 3 is 2.37 bits per heavy atom. The average Bonchev–Trinajstić information content (AvgIpc) is 2.26. The van der Waals surface area contributed by atoms with Gasteiger partial charge in [-0.3, -0.25) is 0 Å². The molecule has 0 bridgehead atoms. The van der Waals surface area contributed by atoms with Crippen molar-refractivity contribution in [3.05, 3.63) is 22.7 Å². The van der Waals surface area contributed by atoms with Crippen molar-refractivity contribution in [2.75, 3.05) is 12.8 Å². The summed E-state index contributed by atoms with van der Waals surface area (Å²) in [4.78, 5) is 0.250. The molecule has 0 spiro atoms. The van der Waals surface area contributed by atoms with Gasteiger partial charge in [-0.15, -0.1) is 0 Å². The summed E-state index contributed by atoms with van der Waals surface area (Å²) in [5, 5.41) is 0. The van der Waals surface area contributed by atoms with Gasteiger partial charge in [-0.1, -0.05) is 13.8 Å². The largest absolute Gasteiger partial charge is 0.399 e. The van der Waals surface area contributed by atoms with Crippen molar-refractivity contribution in [3.8, 4) is 0 Å². The molecule has 0 fully saturated rings. The van der Waals surface area contributed by atoms with Crippen LogP contribution in [0.1, 0.15) is 27.2 Å². The number of halogens is 1. The Kier molecular flexibility index (Phi) is 5.41. The maximum atomic E-state index is 12.5. The molecule has 19 heavy (non-hydrogen) atoms. The predicted molar refractivity (Wildman–Crippen MR) is 82.4 cm³/mol. The SMILES string of the molecule is CC(C)CC(C)N(C)S(=O)(=O)c1ccc(N)cc1Br. The van der Waals surface area contributed by atoms with Gasteiger partial charge in [0.1, 0.15) is 0 Å². The van der Waals surface area contributed by atoms with Crippen LogP contribution in [-0.2, 0) is 10.0 Å². The van der Waals surface area contributed by atoms with Gasteiger partial charge in [0.05, 0.1) is 4.90 Å². The van der Waals surface area contributed by atoms with E-state index in [4.69, 9.17) is 5.73 Å². The zero-order chi connectivity index (χ0) is 14.8. The number of rotatable bonds is 5. The normalized spacial score (nSPS) is 14.1. The van der Waals surface area contributed by atoms with Crippen LogP contribution in [0.25, 0.3) is 0 Å². The molecule has 0 aromatic heterocycles. The summed E-state index contributed by atoms with van der Waals surface area (Å²) in [6.07, 6.45) is 0.822. The molecule has 108 valence electrons. The molecule has 1 aromatic rings. The van der Waals surface area contributed by atoms with Crippen molar-refractivity contribution >= 4 is 31.6 Å². The lowest BCUT2D eigenvalue weighted by atomic mass is 10.1. The number of nitrogens with two attached hydrogens (primary N) is 1. The Morgan fingerprint density at radius 2 is 1.89 bits per heavy atom. The fourth-order valence-electron chi connectivity index (χ4n) is 1.95. The molecule has 0 saturated heterocycles. The van der Waals surface area contributed by atoms with Gasteiger partial charge in [0.2, 0.25) is 10.0 Å². The molecule has 6 heteroatoms. The minimum absolute atomic E-state index is 0.0468. The first kappa shape index (κ1) is 16.5. The third kappa shape index (κ3) is 3.94. The second-order valence-corrected chi connectivity index (χ2v) is 8.01. The van der Waals surface area contributed by atoms with E-state index in [1.54, 1.807) is 19.2 Å². The van der Waals surface area contributed by atoms with Gasteiger partial charge in [-0.2, -0.15) is 4.31 Å². The standard InChI is InChI=1S/C13H21BrN2O2S/c1-9(2)7-10(3)16(4)19(17,18)13-6-5-11(15)8-12(13)14/h5-6,8-10H,7,15H2,1-4H3. The smallest absolute Gasteiger partial charge is 0.244 e. The summed E-state index contributed by atoms with van der Waals surface area (Å²) >= 11 is 3.27. The van der Waals surface area contributed by atoms with E-state index in [0.717, 1.165) is 6.42 Å². The van der Waals surface area contributed by atoms with Crippen LogP contribution in [0.3, 0.4) is 0 Å². The highest BCUT2D eigenvalue weighted by Gasteiger charge is 2.27. The molecule has 0 amide bonds. The lowest BCUT2D eigenvalue weighted by Gasteiger charge is -2.26.